The maximum Gasteiger partial charge on any atom is 0.317 e. The van der Waals surface area contributed by atoms with Gasteiger partial charge in [-0.05, 0) is 46.5 Å². The summed E-state index contributed by atoms with van der Waals surface area (Å²) < 4.78 is 6.00. The van der Waals surface area contributed by atoms with Gasteiger partial charge in [0.2, 0.25) is 0 Å². The predicted molar refractivity (Wildman–Crippen MR) is 82.2 cm³/mol. The Labute approximate surface area is 128 Å². The van der Waals surface area contributed by atoms with Crippen molar-refractivity contribution in [1.29, 1.82) is 0 Å². The summed E-state index contributed by atoms with van der Waals surface area (Å²) in [6.45, 7) is 7.08. The largest absolute Gasteiger partial charge is 0.389 e. The highest BCUT2D eigenvalue weighted by atomic mass is 16.5. The van der Waals surface area contributed by atoms with Crippen LogP contribution in [0.5, 0.6) is 0 Å². The van der Waals surface area contributed by atoms with Crippen molar-refractivity contribution in [3.63, 3.8) is 0 Å². The monoisotopic (exact) mass is 298 g/mol. The van der Waals surface area contributed by atoms with E-state index in [1.54, 1.807) is 18.7 Å². The lowest BCUT2D eigenvalue weighted by Crippen LogP contribution is -2.53. The van der Waals surface area contributed by atoms with E-state index in [9.17, 15) is 9.90 Å². The number of urea groups is 1. The van der Waals surface area contributed by atoms with Gasteiger partial charge in [0.05, 0.1) is 17.7 Å². The van der Waals surface area contributed by atoms with E-state index in [-0.39, 0.29) is 17.7 Å². The van der Waals surface area contributed by atoms with Gasteiger partial charge in [-0.3, -0.25) is 0 Å². The maximum atomic E-state index is 12.4. The molecule has 1 saturated heterocycles. The van der Waals surface area contributed by atoms with Gasteiger partial charge in [0.1, 0.15) is 0 Å². The van der Waals surface area contributed by atoms with Crippen molar-refractivity contribution in [1.82, 2.24) is 10.2 Å². The molecule has 5 nitrogen and oxygen atoms in total. The highest BCUT2D eigenvalue weighted by Crippen LogP contribution is 2.39. The number of aliphatic hydroxyl groups is 1. The average molecular weight is 298 g/mol. The van der Waals surface area contributed by atoms with Crippen LogP contribution in [0.3, 0.4) is 0 Å². The van der Waals surface area contributed by atoms with Gasteiger partial charge in [0.25, 0.3) is 0 Å². The summed E-state index contributed by atoms with van der Waals surface area (Å²) in [6, 6.07) is 0.125. The van der Waals surface area contributed by atoms with Crippen LogP contribution in [0.2, 0.25) is 0 Å². The lowest BCUT2D eigenvalue weighted by atomic mass is 9.89. The van der Waals surface area contributed by atoms with Crippen LogP contribution in [0.1, 0.15) is 59.3 Å². The third-order valence-electron chi connectivity index (χ3n) is 4.58. The van der Waals surface area contributed by atoms with Crippen LogP contribution < -0.4 is 5.32 Å². The number of hydrogen-bond acceptors (Lipinski definition) is 3. The molecule has 5 heteroatoms. The zero-order chi connectivity index (χ0) is 15.5. The number of likely N-dealkylation sites (N-methyl/N-ethyl adjacent to an activating group) is 1. The number of ether oxygens (including phenoxy) is 1. The van der Waals surface area contributed by atoms with Gasteiger partial charge in [-0.15, -0.1) is 0 Å². The fraction of sp³-hybridized carbons (Fsp3) is 0.938. The molecular weight excluding hydrogens is 268 g/mol. The SMILES string of the molecule is CCN(CC(C)(C)O)C(=O)NC1CCOC2(CCCC2)C1. The summed E-state index contributed by atoms with van der Waals surface area (Å²) in [5, 5.41) is 13.0. The molecule has 1 spiro atoms. The molecule has 2 fully saturated rings. The predicted octanol–water partition coefficient (Wildman–Crippen LogP) is 2.28. The van der Waals surface area contributed by atoms with Crippen LogP contribution in [0.15, 0.2) is 0 Å². The highest BCUT2D eigenvalue weighted by molar-refractivity contribution is 5.74. The first-order valence-electron chi connectivity index (χ1n) is 8.25. The van der Waals surface area contributed by atoms with Crippen LogP contribution in [-0.4, -0.2) is 53.0 Å². The minimum Gasteiger partial charge on any atom is -0.389 e. The normalized spacial score (nSPS) is 25.0. The van der Waals surface area contributed by atoms with Crippen molar-refractivity contribution < 1.29 is 14.6 Å². The standard InChI is InChI=1S/C16H30N2O3/c1-4-18(12-15(2,3)20)14(19)17-13-7-10-21-16(11-13)8-5-6-9-16/h13,20H,4-12H2,1-3H3,(H,17,19). The van der Waals surface area contributed by atoms with Crippen LogP contribution in [0, 0.1) is 0 Å². The number of carbonyl (C=O) groups is 1. The molecule has 0 aromatic carbocycles. The number of nitrogens with one attached hydrogen (secondary N) is 1. The molecule has 0 aromatic heterocycles. The molecule has 1 saturated carbocycles. The molecule has 0 aromatic rings. The van der Waals surface area contributed by atoms with Gasteiger partial charge in [-0.1, -0.05) is 12.8 Å². The molecule has 2 rings (SSSR count). The Hall–Kier alpha value is -0.810. The van der Waals surface area contributed by atoms with Crippen molar-refractivity contribution in [2.75, 3.05) is 19.7 Å². The number of amides is 2. The summed E-state index contributed by atoms with van der Waals surface area (Å²) in [5.41, 5.74) is -0.848. The third kappa shape index (κ3) is 4.58. The first-order chi connectivity index (χ1) is 9.84. The smallest absolute Gasteiger partial charge is 0.317 e. The zero-order valence-corrected chi connectivity index (χ0v) is 13.7. The quantitative estimate of drug-likeness (QED) is 0.837. The van der Waals surface area contributed by atoms with Crippen LogP contribution in [0.25, 0.3) is 0 Å². The Bertz CT molecular complexity index is 359. The van der Waals surface area contributed by atoms with E-state index in [1.165, 1.54) is 12.8 Å². The van der Waals surface area contributed by atoms with E-state index in [0.29, 0.717) is 13.1 Å². The van der Waals surface area contributed by atoms with E-state index >= 15 is 0 Å². The Kier molecular flexibility index (Phi) is 5.15. The number of rotatable bonds is 4. The Morgan fingerprint density at radius 1 is 1.43 bits per heavy atom. The highest BCUT2D eigenvalue weighted by Gasteiger charge is 2.40. The lowest BCUT2D eigenvalue weighted by Gasteiger charge is -2.39. The van der Waals surface area contributed by atoms with Gasteiger partial charge in [-0.2, -0.15) is 0 Å². The lowest BCUT2D eigenvalue weighted by molar-refractivity contribution is -0.0825. The fourth-order valence-corrected chi connectivity index (χ4v) is 3.58. The second-order valence-corrected chi connectivity index (χ2v) is 7.20. The van der Waals surface area contributed by atoms with Gasteiger partial charge in [-0.25, -0.2) is 4.79 Å². The minimum absolute atomic E-state index is 0.0174. The molecule has 0 radical (unpaired) electrons. The second kappa shape index (κ2) is 6.53. The van der Waals surface area contributed by atoms with E-state index in [4.69, 9.17) is 4.74 Å². The molecule has 1 unspecified atom stereocenters. The van der Waals surface area contributed by atoms with Gasteiger partial charge < -0.3 is 20.1 Å². The Morgan fingerprint density at radius 2 is 2.10 bits per heavy atom. The molecule has 122 valence electrons. The van der Waals surface area contributed by atoms with Crippen LogP contribution in [-0.2, 0) is 4.74 Å². The van der Waals surface area contributed by atoms with Gasteiger partial charge in [0.15, 0.2) is 0 Å². The van der Waals surface area contributed by atoms with Crippen molar-refractivity contribution in [3.8, 4) is 0 Å². The topological polar surface area (TPSA) is 61.8 Å². The van der Waals surface area contributed by atoms with Crippen LogP contribution in [0.4, 0.5) is 4.79 Å². The number of hydrogen-bond donors (Lipinski definition) is 2. The van der Waals surface area contributed by atoms with E-state index in [1.807, 2.05) is 6.92 Å². The maximum absolute atomic E-state index is 12.4. The third-order valence-corrected chi connectivity index (χ3v) is 4.58. The van der Waals surface area contributed by atoms with E-state index in [2.05, 4.69) is 5.32 Å². The Morgan fingerprint density at radius 3 is 2.67 bits per heavy atom. The molecule has 21 heavy (non-hydrogen) atoms. The van der Waals surface area contributed by atoms with Crippen LogP contribution >= 0.6 is 0 Å². The zero-order valence-electron chi connectivity index (χ0n) is 13.7. The molecule has 2 amide bonds. The van der Waals surface area contributed by atoms with Crippen molar-refractivity contribution in [2.45, 2.75) is 76.5 Å². The molecule has 2 aliphatic rings. The first kappa shape index (κ1) is 16.6. The number of carbonyl (C=O) groups excluding carboxylic acids is 1. The summed E-state index contributed by atoms with van der Waals surface area (Å²) in [5.74, 6) is 0. The molecule has 1 aliphatic heterocycles. The van der Waals surface area contributed by atoms with Crippen molar-refractivity contribution in [2.24, 2.45) is 0 Å². The van der Waals surface area contributed by atoms with Gasteiger partial charge in [0, 0.05) is 19.2 Å². The van der Waals surface area contributed by atoms with E-state index < -0.39 is 5.60 Å². The molecule has 0 bridgehead atoms. The first-order valence-corrected chi connectivity index (χ1v) is 8.25. The fourth-order valence-electron chi connectivity index (χ4n) is 3.58. The molecule has 1 aliphatic carbocycles. The Balaban J connectivity index is 1.89. The molecule has 2 N–H and O–H groups in total. The summed E-state index contributed by atoms with van der Waals surface area (Å²) >= 11 is 0. The summed E-state index contributed by atoms with van der Waals surface area (Å²) in [4.78, 5) is 14.1. The number of nitrogens with zero attached hydrogens (tertiary/aromatic N) is 1. The van der Waals surface area contributed by atoms with Crippen molar-refractivity contribution >= 4 is 6.03 Å². The minimum atomic E-state index is -0.865. The van der Waals surface area contributed by atoms with Crippen molar-refractivity contribution in [3.05, 3.63) is 0 Å². The molecule has 1 atom stereocenters. The second-order valence-electron chi connectivity index (χ2n) is 7.20. The van der Waals surface area contributed by atoms with E-state index in [0.717, 1.165) is 32.3 Å². The molecular formula is C16H30N2O3. The van der Waals surface area contributed by atoms with Gasteiger partial charge >= 0.3 is 6.03 Å². The summed E-state index contributed by atoms with van der Waals surface area (Å²) in [7, 11) is 0. The summed E-state index contributed by atoms with van der Waals surface area (Å²) in [6.07, 6.45) is 6.54. The molecule has 1 heterocycles. The average Bonchev–Trinajstić information content (AvgIpc) is 2.82.